The lowest BCUT2D eigenvalue weighted by atomic mass is 9.67. The van der Waals surface area contributed by atoms with Crippen LogP contribution in [-0.4, -0.2) is 4.57 Å². The van der Waals surface area contributed by atoms with Crippen molar-refractivity contribution in [1.82, 2.24) is 4.57 Å². The van der Waals surface area contributed by atoms with Crippen LogP contribution in [0.4, 0.5) is 17.1 Å². The van der Waals surface area contributed by atoms with E-state index in [4.69, 9.17) is 0 Å². The van der Waals surface area contributed by atoms with E-state index >= 15 is 0 Å². The topological polar surface area (TPSA) is 8.17 Å². The predicted molar refractivity (Wildman–Crippen MR) is 299 cm³/mol. The smallest absolute Gasteiger partial charge is 0.0734 e. The van der Waals surface area contributed by atoms with Crippen LogP contribution in [0.5, 0.6) is 0 Å². The quantitative estimate of drug-likeness (QED) is 0.147. The van der Waals surface area contributed by atoms with E-state index in [-0.39, 0.29) is 0 Å². The lowest BCUT2D eigenvalue weighted by molar-refractivity contribution is 0.762. The molecule has 0 saturated carbocycles. The van der Waals surface area contributed by atoms with Crippen molar-refractivity contribution in [2.75, 3.05) is 4.90 Å². The number of fused-ring (bicyclic) bond motifs is 8. The monoisotopic (exact) mass is 902 g/mol. The summed E-state index contributed by atoms with van der Waals surface area (Å²) >= 11 is 0. The van der Waals surface area contributed by atoms with Gasteiger partial charge in [-0.3, -0.25) is 0 Å². The lowest BCUT2D eigenvalue weighted by Crippen LogP contribution is -2.29. The highest BCUT2D eigenvalue weighted by Crippen LogP contribution is 2.58. The molecule has 0 spiro atoms. The van der Waals surface area contributed by atoms with Crippen LogP contribution >= 0.6 is 0 Å². The van der Waals surface area contributed by atoms with Crippen molar-refractivity contribution >= 4 is 60.4 Å². The van der Waals surface area contributed by atoms with Gasteiger partial charge in [0, 0.05) is 33.4 Å². The van der Waals surface area contributed by atoms with Gasteiger partial charge < -0.3 is 9.47 Å². The van der Waals surface area contributed by atoms with E-state index in [1.807, 2.05) is 0 Å². The second kappa shape index (κ2) is 16.5. The molecule has 2 heteroatoms. The maximum Gasteiger partial charge on any atom is 0.0734 e. The maximum atomic E-state index is 2.53. The van der Waals surface area contributed by atoms with Gasteiger partial charge in [0.25, 0.3) is 0 Å². The Hall–Kier alpha value is -9.24. The van der Waals surface area contributed by atoms with E-state index in [1.165, 1.54) is 99.1 Å². The lowest BCUT2D eigenvalue weighted by Gasteiger charge is -2.35. The minimum absolute atomic E-state index is 0.539. The van der Waals surface area contributed by atoms with Crippen molar-refractivity contribution in [1.29, 1.82) is 0 Å². The molecule has 12 aromatic carbocycles. The van der Waals surface area contributed by atoms with Crippen LogP contribution in [0.25, 0.3) is 82.4 Å². The van der Waals surface area contributed by atoms with E-state index in [9.17, 15) is 0 Å². The summed E-state index contributed by atoms with van der Waals surface area (Å²) in [5.74, 6) is 0. The highest BCUT2D eigenvalue weighted by atomic mass is 15.1. The zero-order valence-corrected chi connectivity index (χ0v) is 39.0. The Morgan fingerprint density at radius 2 is 0.803 bits per heavy atom. The van der Waals surface area contributed by atoms with Crippen molar-refractivity contribution in [2.45, 2.75) is 5.41 Å². The van der Waals surface area contributed by atoms with E-state index in [0.717, 1.165) is 22.6 Å². The molecule has 0 saturated heterocycles. The average Bonchev–Trinajstić information content (AvgIpc) is 3.94. The van der Waals surface area contributed by atoms with Gasteiger partial charge in [0.15, 0.2) is 0 Å². The highest BCUT2D eigenvalue weighted by Gasteiger charge is 2.48. The third kappa shape index (κ3) is 6.49. The van der Waals surface area contributed by atoms with Crippen LogP contribution in [0.15, 0.2) is 279 Å². The van der Waals surface area contributed by atoms with Gasteiger partial charge in [0.2, 0.25) is 0 Å². The third-order valence-electron chi connectivity index (χ3n) is 15.0. The second-order valence-electron chi connectivity index (χ2n) is 18.8. The first-order valence-corrected chi connectivity index (χ1v) is 24.6. The molecular weight excluding hydrogens is 857 g/mol. The molecule has 1 aliphatic carbocycles. The summed E-state index contributed by atoms with van der Waals surface area (Å²) in [6.07, 6.45) is 0. The molecule has 0 fully saturated rings. The van der Waals surface area contributed by atoms with Gasteiger partial charge in [-0.15, -0.1) is 0 Å². The molecule has 332 valence electrons. The summed E-state index contributed by atoms with van der Waals surface area (Å²) < 4.78 is 2.53. The van der Waals surface area contributed by atoms with Crippen molar-refractivity contribution in [2.24, 2.45) is 0 Å². The predicted octanol–water partition coefficient (Wildman–Crippen LogP) is 18.3. The van der Waals surface area contributed by atoms with Crippen LogP contribution < -0.4 is 4.90 Å². The fourth-order valence-electron chi connectivity index (χ4n) is 11.9. The molecule has 13 aromatic rings. The number of hydrogen-bond acceptors (Lipinski definition) is 1. The SMILES string of the molecule is c1ccc(C2(c3ccccc3)c3ccccc3-c3cccc(-n4c5ccccc5c5cc(-c6cccc(-c7cccc(N(c8ccc9ccccc9c8)c8ccc9ccccc9c8)c7)c6)ccc54)c32)cc1. The Bertz CT molecular complexity index is 4060. The molecule has 1 aromatic heterocycles. The number of benzene rings is 12. The van der Waals surface area contributed by atoms with Gasteiger partial charge in [0.1, 0.15) is 0 Å². The Balaban J connectivity index is 0.903. The third-order valence-corrected chi connectivity index (χ3v) is 15.0. The maximum absolute atomic E-state index is 2.53. The van der Waals surface area contributed by atoms with E-state index < -0.39 is 5.41 Å². The molecule has 71 heavy (non-hydrogen) atoms. The van der Waals surface area contributed by atoms with Crippen molar-refractivity contribution in [3.8, 4) is 39.1 Å². The summed E-state index contributed by atoms with van der Waals surface area (Å²) in [6.45, 7) is 0. The molecular formula is C69H46N2. The summed E-state index contributed by atoms with van der Waals surface area (Å²) in [7, 11) is 0. The molecule has 0 atom stereocenters. The van der Waals surface area contributed by atoms with Gasteiger partial charge in [-0.1, -0.05) is 212 Å². The van der Waals surface area contributed by atoms with Crippen LogP contribution in [0, 0.1) is 0 Å². The first-order valence-electron chi connectivity index (χ1n) is 24.6. The van der Waals surface area contributed by atoms with E-state index in [0.29, 0.717) is 0 Å². The molecule has 2 nitrogen and oxygen atoms in total. The van der Waals surface area contributed by atoms with Gasteiger partial charge in [-0.05, 0) is 138 Å². The molecule has 0 aliphatic heterocycles. The summed E-state index contributed by atoms with van der Waals surface area (Å²) in [6, 6.07) is 103. The largest absolute Gasteiger partial charge is 0.310 e. The molecule has 1 aliphatic rings. The minimum atomic E-state index is -0.539. The molecule has 0 unspecified atom stereocenters. The first-order chi connectivity index (χ1) is 35.2. The fraction of sp³-hybridized carbons (Fsp3) is 0.0145. The van der Waals surface area contributed by atoms with E-state index in [2.05, 4.69) is 289 Å². The molecule has 0 N–H and O–H groups in total. The number of hydrogen-bond donors (Lipinski definition) is 0. The zero-order valence-electron chi connectivity index (χ0n) is 39.0. The van der Waals surface area contributed by atoms with Crippen molar-refractivity contribution in [3.63, 3.8) is 0 Å². The Labute approximate surface area is 413 Å². The number of rotatable bonds is 8. The number of nitrogens with zero attached hydrogens (tertiary/aromatic N) is 2. The van der Waals surface area contributed by atoms with Gasteiger partial charge in [-0.25, -0.2) is 0 Å². The molecule has 0 radical (unpaired) electrons. The van der Waals surface area contributed by atoms with Gasteiger partial charge in [-0.2, -0.15) is 0 Å². The van der Waals surface area contributed by atoms with Gasteiger partial charge in [0.05, 0.1) is 22.1 Å². The number of para-hydroxylation sites is 1. The highest BCUT2D eigenvalue weighted by molar-refractivity contribution is 6.11. The standard InChI is InChI=1S/C69H46N2/c1-3-25-55(26-4-1)69(56-27-5-2-6-28-56)64-33-13-11-30-60(64)62-32-17-35-67(68(62)69)71-65-34-14-12-31-61(65)63-46-54(38-41-66(63)71)50-23-15-22-49(42-50)53-24-16-29-57(45-53)70(58-39-36-47-18-7-9-20-51(47)43-58)59-40-37-48-19-8-10-21-52(48)44-59/h1-46H. The van der Waals surface area contributed by atoms with Crippen LogP contribution in [0.2, 0.25) is 0 Å². The normalized spacial score (nSPS) is 12.6. The second-order valence-corrected chi connectivity index (χ2v) is 18.8. The minimum Gasteiger partial charge on any atom is -0.310 e. The zero-order chi connectivity index (χ0) is 46.9. The molecule has 0 amide bonds. The van der Waals surface area contributed by atoms with E-state index in [1.54, 1.807) is 0 Å². The van der Waals surface area contributed by atoms with Crippen LogP contribution in [0.1, 0.15) is 22.3 Å². The Kier molecular flexibility index (Phi) is 9.47. The molecule has 1 heterocycles. The summed E-state index contributed by atoms with van der Waals surface area (Å²) in [5, 5.41) is 7.34. The van der Waals surface area contributed by atoms with Gasteiger partial charge >= 0.3 is 0 Å². The first kappa shape index (κ1) is 40.8. The van der Waals surface area contributed by atoms with Crippen LogP contribution in [-0.2, 0) is 5.41 Å². The molecule has 14 rings (SSSR count). The van der Waals surface area contributed by atoms with Crippen LogP contribution in [0.3, 0.4) is 0 Å². The Morgan fingerprint density at radius 3 is 1.49 bits per heavy atom. The summed E-state index contributed by atoms with van der Waals surface area (Å²) in [5.41, 5.74) is 18.7. The molecule has 0 bridgehead atoms. The van der Waals surface area contributed by atoms with Crippen molar-refractivity contribution < 1.29 is 0 Å². The number of aromatic nitrogens is 1. The Morgan fingerprint density at radius 1 is 0.296 bits per heavy atom. The average molecular weight is 903 g/mol. The fourth-order valence-corrected chi connectivity index (χ4v) is 11.9. The summed E-state index contributed by atoms with van der Waals surface area (Å²) in [4.78, 5) is 2.39. The van der Waals surface area contributed by atoms with Crippen molar-refractivity contribution in [3.05, 3.63) is 301 Å². The number of anilines is 3.